The van der Waals surface area contributed by atoms with Gasteiger partial charge in [0.05, 0.1) is 13.2 Å². The van der Waals surface area contributed by atoms with Crippen LogP contribution in [0.1, 0.15) is 97.8 Å². The summed E-state index contributed by atoms with van der Waals surface area (Å²) in [4.78, 5) is 17.5. The number of nitrogens with zero attached hydrogens (tertiary/aromatic N) is 2. The number of likely N-dealkylation sites (tertiary alicyclic amines) is 1. The molecule has 212 valence electrons. The molecule has 0 aromatic heterocycles. The Balaban J connectivity index is 0.00000280. The monoisotopic (exact) mass is 580 g/mol. The molecule has 0 aromatic rings. The molecule has 0 N–H and O–H groups in total. The molecule has 6 rings (SSSR count). The van der Waals surface area contributed by atoms with E-state index in [1.54, 1.807) is 6.92 Å². The highest BCUT2D eigenvalue weighted by atomic mass is 79.9. The van der Waals surface area contributed by atoms with E-state index < -0.39 is 0 Å². The second kappa shape index (κ2) is 10.7. The minimum absolute atomic E-state index is 0. The van der Waals surface area contributed by atoms with Crippen LogP contribution < -0.4 is 0 Å². The van der Waals surface area contributed by atoms with Crippen molar-refractivity contribution in [2.24, 2.45) is 40.4 Å². The van der Waals surface area contributed by atoms with Crippen LogP contribution in [0.2, 0.25) is 0 Å². The first-order valence-electron chi connectivity index (χ1n) is 15.5. The van der Waals surface area contributed by atoms with Gasteiger partial charge in [-0.1, -0.05) is 13.8 Å². The van der Waals surface area contributed by atoms with Crippen molar-refractivity contribution < 1.29 is 14.3 Å². The summed E-state index contributed by atoms with van der Waals surface area (Å²) >= 11 is 0. The molecule has 4 aliphatic carbocycles. The van der Waals surface area contributed by atoms with E-state index in [1.165, 1.54) is 70.6 Å². The Bertz CT molecular complexity index is 835. The number of esters is 1. The van der Waals surface area contributed by atoms with E-state index in [9.17, 15) is 4.79 Å². The molecule has 0 radical (unpaired) electrons. The number of hydrogen-bond acceptors (Lipinski definition) is 5. The third-order valence-corrected chi connectivity index (χ3v) is 12.8. The highest BCUT2D eigenvalue weighted by molar-refractivity contribution is 8.93. The summed E-state index contributed by atoms with van der Waals surface area (Å²) in [6.45, 7) is 12.1. The first-order chi connectivity index (χ1) is 17.3. The third-order valence-electron chi connectivity index (χ3n) is 12.8. The second-order valence-electron chi connectivity index (χ2n) is 14.4. The molecule has 3 unspecified atom stereocenters. The first kappa shape index (κ1) is 28.4. The summed E-state index contributed by atoms with van der Waals surface area (Å²) < 4.78 is 12.0. The average molecular weight is 582 g/mol. The molecule has 5 nitrogen and oxygen atoms in total. The molecule has 0 amide bonds. The molecule has 0 spiro atoms. The van der Waals surface area contributed by atoms with E-state index in [0.717, 1.165) is 69.0 Å². The van der Waals surface area contributed by atoms with E-state index in [4.69, 9.17) is 9.47 Å². The SMILES string of the molecule is Br.CC(=O)OC1(C2C[C@H]3[C@@H]4CC[C@H]5CCC(N6CCOCC6)C[C@]5(C)[C@H]4CC[C@]3(C)C2)CCCCN1C. The van der Waals surface area contributed by atoms with Gasteiger partial charge in [0.25, 0.3) is 0 Å². The van der Waals surface area contributed by atoms with Crippen molar-refractivity contribution in [3.05, 3.63) is 0 Å². The molecule has 2 heterocycles. The number of fused-ring (bicyclic) bond motifs is 5. The van der Waals surface area contributed by atoms with Crippen LogP contribution in [0, 0.1) is 40.4 Å². The zero-order valence-electron chi connectivity index (χ0n) is 24.0. The Hall–Kier alpha value is -0.170. The Morgan fingerprint density at radius 2 is 1.65 bits per heavy atom. The van der Waals surface area contributed by atoms with Crippen molar-refractivity contribution in [2.75, 3.05) is 39.9 Å². The molecule has 37 heavy (non-hydrogen) atoms. The van der Waals surface area contributed by atoms with Gasteiger partial charge in [-0.25, -0.2) is 0 Å². The summed E-state index contributed by atoms with van der Waals surface area (Å²) in [5.41, 5.74) is 0.546. The van der Waals surface area contributed by atoms with Crippen molar-refractivity contribution in [1.82, 2.24) is 9.80 Å². The van der Waals surface area contributed by atoms with E-state index in [1.807, 2.05) is 0 Å². The fourth-order valence-corrected chi connectivity index (χ4v) is 11.1. The Morgan fingerprint density at radius 3 is 2.38 bits per heavy atom. The van der Waals surface area contributed by atoms with Crippen LogP contribution in [-0.4, -0.2) is 67.4 Å². The fraction of sp³-hybridized carbons (Fsp3) is 0.968. The highest BCUT2D eigenvalue weighted by Gasteiger charge is 2.63. The Morgan fingerprint density at radius 1 is 0.892 bits per heavy atom. The normalized spacial score (nSPS) is 48.8. The van der Waals surface area contributed by atoms with Gasteiger partial charge in [-0.2, -0.15) is 0 Å². The van der Waals surface area contributed by atoms with Crippen LogP contribution in [0.25, 0.3) is 0 Å². The van der Waals surface area contributed by atoms with Crippen LogP contribution >= 0.6 is 17.0 Å². The molecule has 0 bridgehead atoms. The van der Waals surface area contributed by atoms with Crippen LogP contribution in [0.15, 0.2) is 0 Å². The summed E-state index contributed by atoms with van der Waals surface area (Å²) in [6.07, 6.45) is 15.9. The zero-order valence-corrected chi connectivity index (χ0v) is 25.7. The minimum atomic E-state index is -0.368. The molecule has 0 aromatic carbocycles. The van der Waals surface area contributed by atoms with Gasteiger partial charge in [-0.3, -0.25) is 14.6 Å². The van der Waals surface area contributed by atoms with Gasteiger partial charge in [-0.15, -0.1) is 17.0 Å². The largest absolute Gasteiger partial charge is 0.444 e. The lowest BCUT2D eigenvalue weighted by Crippen LogP contribution is -2.57. The van der Waals surface area contributed by atoms with Crippen molar-refractivity contribution in [3.8, 4) is 0 Å². The standard InChI is InChI=1S/C31H52N2O3.BrH/c1-22(34)36-31(12-5-6-14-32(31)4)24-19-28-26-10-8-23-7-9-25(33-15-17-35-18-16-33)21-30(23,3)27(26)11-13-29(28,2)20-24;/h23-28H,5-21H2,1-4H3;1H/t23-,24?,25?,26-,27+,28+,29-,30+,31?;/m1./s1. The van der Waals surface area contributed by atoms with Gasteiger partial charge in [0.2, 0.25) is 0 Å². The predicted molar refractivity (Wildman–Crippen MR) is 153 cm³/mol. The maximum absolute atomic E-state index is 12.3. The predicted octanol–water partition coefficient (Wildman–Crippen LogP) is 6.30. The zero-order chi connectivity index (χ0) is 25.1. The number of rotatable bonds is 3. The number of ether oxygens (including phenoxy) is 2. The van der Waals surface area contributed by atoms with Gasteiger partial charge in [-0.05, 0) is 112 Å². The van der Waals surface area contributed by atoms with Crippen molar-refractivity contribution in [1.29, 1.82) is 0 Å². The van der Waals surface area contributed by atoms with E-state index in [2.05, 4.69) is 30.7 Å². The molecule has 2 aliphatic heterocycles. The number of halogens is 1. The molecule has 2 saturated heterocycles. The lowest BCUT2D eigenvalue weighted by atomic mass is 9.45. The summed E-state index contributed by atoms with van der Waals surface area (Å²) in [5, 5.41) is 0. The number of morpholine rings is 1. The van der Waals surface area contributed by atoms with E-state index >= 15 is 0 Å². The maximum atomic E-state index is 12.3. The van der Waals surface area contributed by atoms with Crippen LogP contribution in [-0.2, 0) is 14.3 Å². The Kier molecular flexibility index (Phi) is 8.18. The van der Waals surface area contributed by atoms with Gasteiger partial charge in [0.1, 0.15) is 0 Å². The lowest BCUT2D eigenvalue weighted by Gasteiger charge is -2.61. The lowest BCUT2D eigenvalue weighted by molar-refractivity contribution is -0.206. The van der Waals surface area contributed by atoms with Gasteiger partial charge in [0, 0.05) is 44.9 Å². The summed E-state index contributed by atoms with van der Waals surface area (Å²) in [7, 11) is 2.22. The first-order valence-corrected chi connectivity index (χ1v) is 15.5. The summed E-state index contributed by atoms with van der Waals surface area (Å²) in [5.74, 6) is 3.86. The van der Waals surface area contributed by atoms with Crippen LogP contribution in [0.4, 0.5) is 0 Å². The quantitative estimate of drug-likeness (QED) is 0.366. The molecule has 6 fully saturated rings. The molecular weight excluding hydrogens is 528 g/mol. The summed E-state index contributed by atoms with van der Waals surface area (Å²) in [6, 6.07) is 0.765. The van der Waals surface area contributed by atoms with Crippen LogP contribution in [0.3, 0.4) is 0 Å². The van der Waals surface area contributed by atoms with Crippen molar-refractivity contribution in [3.63, 3.8) is 0 Å². The number of carbonyl (C=O) groups excluding carboxylic acids is 1. The number of hydrogen-bond donors (Lipinski definition) is 0. The van der Waals surface area contributed by atoms with E-state index in [-0.39, 0.29) is 28.7 Å². The number of carbonyl (C=O) groups is 1. The molecule has 4 saturated carbocycles. The van der Waals surface area contributed by atoms with Gasteiger partial charge >= 0.3 is 5.97 Å². The minimum Gasteiger partial charge on any atom is -0.444 e. The van der Waals surface area contributed by atoms with Crippen molar-refractivity contribution >= 4 is 23.0 Å². The highest BCUT2D eigenvalue weighted by Crippen LogP contribution is 2.68. The van der Waals surface area contributed by atoms with Gasteiger partial charge in [0.15, 0.2) is 5.72 Å². The molecule has 6 heteroatoms. The maximum Gasteiger partial charge on any atom is 0.304 e. The number of piperidine rings is 1. The smallest absolute Gasteiger partial charge is 0.304 e. The topological polar surface area (TPSA) is 42.0 Å². The fourth-order valence-electron chi connectivity index (χ4n) is 11.1. The van der Waals surface area contributed by atoms with Crippen LogP contribution in [0.5, 0.6) is 0 Å². The van der Waals surface area contributed by atoms with E-state index in [0.29, 0.717) is 16.7 Å². The van der Waals surface area contributed by atoms with Gasteiger partial charge < -0.3 is 9.47 Å². The second-order valence-corrected chi connectivity index (χ2v) is 14.4. The van der Waals surface area contributed by atoms with Crippen molar-refractivity contribution in [2.45, 2.75) is 110 Å². The third kappa shape index (κ3) is 4.76. The molecule has 6 aliphatic rings. The average Bonchev–Trinajstić information content (AvgIpc) is 3.23. The molecular formula is C31H53BrN2O3. The molecule has 9 atom stereocenters. The Labute approximate surface area is 236 Å².